The van der Waals surface area contributed by atoms with Crippen molar-refractivity contribution >= 4 is 34.7 Å². The molecule has 0 bridgehead atoms. The summed E-state index contributed by atoms with van der Waals surface area (Å²) in [5.74, 6) is 0.527. The van der Waals surface area contributed by atoms with Gasteiger partial charge in [-0.05, 0) is 11.6 Å². The lowest BCUT2D eigenvalue weighted by Crippen LogP contribution is -2.01. The number of aromatic nitrogens is 2. The first kappa shape index (κ1) is 11.9. The van der Waals surface area contributed by atoms with Crippen molar-refractivity contribution in [1.29, 1.82) is 0 Å². The van der Waals surface area contributed by atoms with Crippen LogP contribution >= 0.6 is 34.7 Å². The topological polar surface area (TPSA) is 46.0 Å². The number of rotatable bonds is 4. The Labute approximate surface area is 106 Å². The van der Waals surface area contributed by atoms with Gasteiger partial charge in [0.05, 0.1) is 6.10 Å². The van der Waals surface area contributed by atoms with Gasteiger partial charge in [0.25, 0.3) is 0 Å². The molecule has 16 heavy (non-hydrogen) atoms. The summed E-state index contributed by atoms with van der Waals surface area (Å²) in [6.45, 7) is 0. The third-order valence-electron chi connectivity index (χ3n) is 1.97. The molecule has 6 heteroatoms. The summed E-state index contributed by atoms with van der Waals surface area (Å²) < 4.78 is 0.853. The van der Waals surface area contributed by atoms with Gasteiger partial charge in [-0.1, -0.05) is 52.9 Å². The van der Waals surface area contributed by atoms with Crippen molar-refractivity contribution in [1.82, 2.24) is 10.2 Å². The maximum Gasteiger partial charge on any atom is 0.174 e. The van der Waals surface area contributed by atoms with Gasteiger partial charge in [0.1, 0.15) is 5.51 Å². The standard InChI is InChI=1S/C10H9ClN2OS2/c11-8-4-2-1-3-7(8)9(14)5-15-10-13-12-6-16-10/h1-4,6,9,14H,5H2. The fourth-order valence-electron chi connectivity index (χ4n) is 1.21. The van der Waals surface area contributed by atoms with Crippen LogP contribution in [0.1, 0.15) is 11.7 Å². The molecule has 2 aromatic rings. The largest absolute Gasteiger partial charge is 0.387 e. The van der Waals surface area contributed by atoms with Crippen LogP contribution in [0.4, 0.5) is 0 Å². The number of nitrogens with zero attached hydrogens (tertiary/aromatic N) is 2. The van der Waals surface area contributed by atoms with Crippen LogP contribution in [-0.4, -0.2) is 21.1 Å². The van der Waals surface area contributed by atoms with E-state index in [-0.39, 0.29) is 0 Å². The highest BCUT2D eigenvalue weighted by molar-refractivity contribution is 8.01. The number of benzene rings is 1. The Morgan fingerprint density at radius 1 is 1.44 bits per heavy atom. The summed E-state index contributed by atoms with van der Waals surface area (Å²) in [5, 5.41) is 18.2. The Balaban J connectivity index is 1.98. The quantitative estimate of drug-likeness (QED) is 0.869. The van der Waals surface area contributed by atoms with Crippen LogP contribution in [0, 0.1) is 0 Å². The number of thioether (sulfide) groups is 1. The molecule has 1 N–H and O–H groups in total. The molecule has 84 valence electrons. The van der Waals surface area contributed by atoms with Crippen LogP contribution < -0.4 is 0 Å². The number of halogens is 1. The van der Waals surface area contributed by atoms with Gasteiger partial charge in [-0.2, -0.15) is 0 Å². The molecule has 0 aliphatic rings. The molecule has 0 fully saturated rings. The van der Waals surface area contributed by atoms with E-state index >= 15 is 0 Å². The van der Waals surface area contributed by atoms with Gasteiger partial charge >= 0.3 is 0 Å². The highest BCUT2D eigenvalue weighted by Gasteiger charge is 2.12. The highest BCUT2D eigenvalue weighted by Crippen LogP contribution is 2.28. The van der Waals surface area contributed by atoms with Crippen molar-refractivity contribution in [2.24, 2.45) is 0 Å². The van der Waals surface area contributed by atoms with Crippen LogP contribution in [0.15, 0.2) is 34.1 Å². The average Bonchev–Trinajstić information content (AvgIpc) is 2.79. The zero-order valence-electron chi connectivity index (χ0n) is 8.21. The van der Waals surface area contributed by atoms with Crippen molar-refractivity contribution < 1.29 is 5.11 Å². The first-order chi connectivity index (χ1) is 7.77. The van der Waals surface area contributed by atoms with Crippen LogP contribution in [-0.2, 0) is 0 Å². The average molecular weight is 273 g/mol. The van der Waals surface area contributed by atoms with Gasteiger partial charge in [0.15, 0.2) is 4.34 Å². The maximum absolute atomic E-state index is 9.95. The zero-order chi connectivity index (χ0) is 11.4. The fourth-order valence-corrected chi connectivity index (χ4v) is 2.94. The lowest BCUT2D eigenvalue weighted by molar-refractivity contribution is 0.204. The molecule has 3 nitrogen and oxygen atoms in total. The lowest BCUT2D eigenvalue weighted by Gasteiger charge is -2.10. The van der Waals surface area contributed by atoms with E-state index in [9.17, 15) is 5.11 Å². The van der Waals surface area contributed by atoms with E-state index in [4.69, 9.17) is 11.6 Å². The van der Waals surface area contributed by atoms with Crippen LogP contribution in [0.25, 0.3) is 0 Å². The molecule has 0 aliphatic heterocycles. The molecule has 1 aromatic carbocycles. The van der Waals surface area contributed by atoms with Gasteiger partial charge < -0.3 is 5.11 Å². The van der Waals surface area contributed by atoms with Gasteiger partial charge in [-0.3, -0.25) is 0 Å². The Bertz CT molecular complexity index is 450. The van der Waals surface area contributed by atoms with Crippen LogP contribution in [0.3, 0.4) is 0 Å². The predicted molar refractivity (Wildman–Crippen MR) is 67.0 cm³/mol. The number of hydrogen-bond donors (Lipinski definition) is 1. The number of aliphatic hydroxyl groups is 1. The Hall–Kier alpha value is -0.620. The van der Waals surface area contributed by atoms with E-state index < -0.39 is 6.10 Å². The lowest BCUT2D eigenvalue weighted by atomic mass is 10.1. The van der Waals surface area contributed by atoms with Gasteiger partial charge in [0.2, 0.25) is 0 Å². The molecule has 1 unspecified atom stereocenters. The minimum absolute atomic E-state index is 0.527. The molecule has 1 aromatic heterocycles. The molecule has 1 atom stereocenters. The number of hydrogen-bond acceptors (Lipinski definition) is 5. The first-order valence-corrected chi connectivity index (χ1v) is 6.83. The van der Waals surface area contributed by atoms with Crippen molar-refractivity contribution in [3.05, 3.63) is 40.4 Å². The van der Waals surface area contributed by atoms with Gasteiger partial charge in [0, 0.05) is 10.8 Å². The third kappa shape index (κ3) is 2.95. The highest BCUT2D eigenvalue weighted by atomic mass is 35.5. The monoisotopic (exact) mass is 272 g/mol. The van der Waals surface area contributed by atoms with Gasteiger partial charge in [-0.25, -0.2) is 0 Å². The normalized spacial score (nSPS) is 12.6. The van der Waals surface area contributed by atoms with E-state index in [2.05, 4.69) is 10.2 Å². The number of aliphatic hydroxyl groups excluding tert-OH is 1. The van der Waals surface area contributed by atoms with E-state index in [1.54, 1.807) is 11.6 Å². The van der Waals surface area contributed by atoms with Crippen LogP contribution in [0.2, 0.25) is 5.02 Å². The van der Waals surface area contributed by atoms with Crippen molar-refractivity contribution in [2.75, 3.05) is 5.75 Å². The fraction of sp³-hybridized carbons (Fsp3) is 0.200. The zero-order valence-corrected chi connectivity index (χ0v) is 10.6. The smallest absolute Gasteiger partial charge is 0.174 e. The predicted octanol–water partition coefficient (Wildman–Crippen LogP) is 3.02. The Morgan fingerprint density at radius 2 is 2.25 bits per heavy atom. The van der Waals surface area contributed by atoms with E-state index in [0.29, 0.717) is 10.8 Å². The van der Waals surface area contributed by atoms with Crippen molar-refractivity contribution in [2.45, 2.75) is 10.4 Å². The Morgan fingerprint density at radius 3 is 2.94 bits per heavy atom. The summed E-state index contributed by atoms with van der Waals surface area (Å²) >= 11 is 8.92. The summed E-state index contributed by atoms with van der Waals surface area (Å²) in [6.07, 6.45) is -0.581. The molecular formula is C10H9ClN2OS2. The third-order valence-corrected chi connectivity index (χ3v) is 4.25. The molecule has 0 saturated carbocycles. The summed E-state index contributed by atoms with van der Waals surface area (Å²) in [5.41, 5.74) is 2.42. The van der Waals surface area contributed by atoms with Crippen molar-refractivity contribution in [3.8, 4) is 0 Å². The molecule has 0 spiro atoms. The molecule has 0 aliphatic carbocycles. The molecule has 1 heterocycles. The molecule has 0 amide bonds. The Kier molecular flexibility index (Phi) is 4.17. The SMILES string of the molecule is OC(CSc1nncs1)c1ccccc1Cl. The van der Waals surface area contributed by atoms with Gasteiger partial charge in [-0.15, -0.1) is 10.2 Å². The molecule has 0 radical (unpaired) electrons. The second-order valence-electron chi connectivity index (χ2n) is 3.05. The minimum atomic E-state index is -0.581. The van der Waals surface area contributed by atoms with E-state index in [0.717, 1.165) is 9.90 Å². The first-order valence-electron chi connectivity index (χ1n) is 4.59. The molecular weight excluding hydrogens is 264 g/mol. The molecule has 0 saturated heterocycles. The maximum atomic E-state index is 9.95. The summed E-state index contributed by atoms with van der Waals surface area (Å²) in [4.78, 5) is 0. The minimum Gasteiger partial charge on any atom is -0.387 e. The van der Waals surface area contributed by atoms with Crippen LogP contribution in [0.5, 0.6) is 0 Å². The van der Waals surface area contributed by atoms with Crippen molar-refractivity contribution in [3.63, 3.8) is 0 Å². The van der Waals surface area contributed by atoms with E-state index in [1.165, 1.54) is 23.1 Å². The molecule has 2 rings (SSSR count). The summed E-state index contributed by atoms with van der Waals surface area (Å²) in [7, 11) is 0. The summed E-state index contributed by atoms with van der Waals surface area (Å²) in [6, 6.07) is 7.31. The van der Waals surface area contributed by atoms with E-state index in [1.807, 2.05) is 18.2 Å². The second-order valence-corrected chi connectivity index (χ2v) is 5.56. The second kappa shape index (κ2) is 5.63.